The van der Waals surface area contributed by atoms with E-state index in [1.807, 2.05) is 48.5 Å². The molecule has 1 aliphatic rings. The number of methoxy groups -OCH3 is 2. The fourth-order valence-electron chi connectivity index (χ4n) is 2.86. The summed E-state index contributed by atoms with van der Waals surface area (Å²) in [5.41, 5.74) is 2.88. The summed E-state index contributed by atoms with van der Waals surface area (Å²) in [4.78, 5) is 12.0. The minimum absolute atomic E-state index is 0.0753. The van der Waals surface area contributed by atoms with Crippen LogP contribution in [0.1, 0.15) is 30.5 Å². The molecular formula is C19H20N2O3. The topological polar surface area (TPSA) is 51.1 Å². The van der Waals surface area contributed by atoms with Gasteiger partial charge in [-0.2, -0.15) is 5.10 Å². The van der Waals surface area contributed by atoms with Gasteiger partial charge in [0.05, 0.1) is 26.0 Å². The maximum absolute atomic E-state index is 12.0. The molecule has 5 heteroatoms. The zero-order valence-electron chi connectivity index (χ0n) is 14.0. The number of carbonyl (C=O) groups excluding carboxylic acids is 1. The molecule has 0 bridgehead atoms. The van der Waals surface area contributed by atoms with Crippen LogP contribution in [0.3, 0.4) is 0 Å². The zero-order chi connectivity index (χ0) is 17.1. The second-order valence-electron chi connectivity index (χ2n) is 5.64. The van der Waals surface area contributed by atoms with Crippen LogP contribution >= 0.6 is 0 Å². The monoisotopic (exact) mass is 324 g/mol. The predicted molar refractivity (Wildman–Crippen MR) is 92.4 cm³/mol. The first kappa shape index (κ1) is 16.1. The smallest absolute Gasteiger partial charge is 0.240 e. The third kappa shape index (κ3) is 3.11. The Labute approximate surface area is 141 Å². The number of nitrogens with zero attached hydrogens (tertiary/aromatic N) is 2. The van der Waals surface area contributed by atoms with Gasteiger partial charge in [-0.05, 0) is 29.8 Å². The van der Waals surface area contributed by atoms with Gasteiger partial charge in [0, 0.05) is 18.9 Å². The summed E-state index contributed by atoms with van der Waals surface area (Å²) >= 11 is 0. The summed E-state index contributed by atoms with van der Waals surface area (Å²) in [6.07, 6.45) is 0.666. The van der Waals surface area contributed by atoms with Gasteiger partial charge in [0.1, 0.15) is 11.5 Å². The quantitative estimate of drug-likeness (QED) is 0.866. The van der Waals surface area contributed by atoms with Gasteiger partial charge in [-0.25, -0.2) is 5.01 Å². The van der Waals surface area contributed by atoms with E-state index in [0.29, 0.717) is 6.42 Å². The van der Waals surface area contributed by atoms with Crippen LogP contribution in [0, 0.1) is 0 Å². The molecule has 3 rings (SSSR count). The molecule has 0 saturated heterocycles. The first-order chi connectivity index (χ1) is 11.6. The van der Waals surface area contributed by atoms with E-state index in [2.05, 4.69) is 5.10 Å². The van der Waals surface area contributed by atoms with Crippen molar-refractivity contribution < 1.29 is 14.3 Å². The number of ether oxygens (including phenoxy) is 2. The second-order valence-corrected chi connectivity index (χ2v) is 5.64. The van der Waals surface area contributed by atoms with Crippen molar-refractivity contribution in [1.29, 1.82) is 0 Å². The molecule has 1 atom stereocenters. The van der Waals surface area contributed by atoms with E-state index in [4.69, 9.17) is 9.47 Å². The maximum Gasteiger partial charge on any atom is 0.240 e. The first-order valence-corrected chi connectivity index (χ1v) is 7.78. The molecule has 1 unspecified atom stereocenters. The molecule has 124 valence electrons. The fraction of sp³-hybridized carbons (Fsp3) is 0.263. The average Bonchev–Trinajstić information content (AvgIpc) is 3.07. The Hall–Kier alpha value is -2.82. The minimum atomic E-state index is -0.102. The third-order valence-electron chi connectivity index (χ3n) is 4.14. The molecule has 5 nitrogen and oxygen atoms in total. The van der Waals surface area contributed by atoms with Gasteiger partial charge in [0.2, 0.25) is 5.91 Å². The first-order valence-electron chi connectivity index (χ1n) is 7.78. The van der Waals surface area contributed by atoms with Crippen molar-refractivity contribution in [3.05, 3.63) is 59.7 Å². The molecule has 0 saturated carbocycles. The molecule has 1 aliphatic heterocycles. The average molecular weight is 324 g/mol. The van der Waals surface area contributed by atoms with E-state index in [9.17, 15) is 4.79 Å². The van der Waals surface area contributed by atoms with E-state index in [-0.39, 0.29) is 11.9 Å². The van der Waals surface area contributed by atoms with Crippen molar-refractivity contribution >= 4 is 11.6 Å². The minimum Gasteiger partial charge on any atom is -0.497 e. The largest absolute Gasteiger partial charge is 0.497 e. The highest BCUT2D eigenvalue weighted by Crippen LogP contribution is 2.34. The summed E-state index contributed by atoms with van der Waals surface area (Å²) in [5, 5.41) is 6.10. The summed E-state index contributed by atoms with van der Waals surface area (Å²) in [5.74, 6) is 1.49. The summed E-state index contributed by atoms with van der Waals surface area (Å²) in [6, 6.07) is 15.4. The molecule has 2 aromatic carbocycles. The third-order valence-corrected chi connectivity index (χ3v) is 4.14. The zero-order valence-corrected chi connectivity index (χ0v) is 14.0. The molecule has 1 amide bonds. The number of benzene rings is 2. The van der Waals surface area contributed by atoms with Gasteiger partial charge < -0.3 is 9.47 Å². The summed E-state index contributed by atoms with van der Waals surface area (Å²) in [6.45, 7) is 1.54. The number of hydrogen-bond acceptors (Lipinski definition) is 4. The Morgan fingerprint density at radius 3 is 2.42 bits per heavy atom. The molecule has 0 spiro atoms. The van der Waals surface area contributed by atoms with Crippen LogP contribution in [0.25, 0.3) is 0 Å². The van der Waals surface area contributed by atoms with E-state index in [0.717, 1.165) is 28.3 Å². The molecule has 0 aliphatic carbocycles. The lowest BCUT2D eigenvalue weighted by Gasteiger charge is -2.20. The Bertz CT molecular complexity index is 768. The van der Waals surface area contributed by atoms with Gasteiger partial charge in [-0.15, -0.1) is 0 Å². The van der Waals surface area contributed by atoms with Gasteiger partial charge in [-0.1, -0.05) is 24.3 Å². The number of amides is 1. The van der Waals surface area contributed by atoms with Crippen molar-refractivity contribution in [1.82, 2.24) is 5.01 Å². The normalized spacial score (nSPS) is 16.7. The van der Waals surface area contributed by atoms with E-state index >= 15 is 0 Å². The van der Waals surface area contributed by atoms with E-state index in [1.165, 1.54) is 6.92 Å². The molecule has 0 fully saturated rings. The van der Waals surface area contributed by atoms with Crippen LogP contribution in [0.15, 0.2) is 53.6 Å². The molecule has 0 aromatic heterocycles. The summed E-state index contributed by atoms with van der Waals surface area (Å²) < 4.78 is 10.5. The summed E-state index contributed by atoms with van der Waals surface area (Å²) in [7, 11) is 3.27. The Morgan fingerprint density at radius 2 is 1.79 bits per heavy atom. The Balaban J connectivity index is 1.91. The Morgan fingerprint density at radius 1 is 1.08 bits per heavy atom. The van der Waals surface area contributed by atoms with Gasteiger partial charge in [0.15, 0.2) is 0 Å². The number of hydrogen-bond donors (Lipinski definition) is 0. The maximum atomic E-state index is 12.0. The van der Waals surface area contributed by atoms with E-state index in [1.54, 1.807) is 19.2 Å². The van der Waals surface area contributed by atoms with Crippen LogP contribution in [0.5, 0.6) is 11.5 Å². The van der Waals surface area contributed by atoms with Crippen molar-refractivity contribution in [2.24, 2.45) is 5.10 Å². The lowest BCUT2D eigenvalue weighted by Crippen LogP contribution is -2.24. The van der Waals surface area contributed by atoms with Crippen molar-refractivity contribution in [3.8, 4) is 11.5 Å². The standard InChI is InChI=1S/C19H20N2O3/c1-13(22)21-19(14-7-9-16(23-2)10-8-14)12-18(20-21)15-5-4-6-17(11-15)24-3/h4-11,19H,12H2,1-3H3. The highest BCUT2D eigenvalue weighted by molar-refractivity contribution is 6.03. The van der Waals surface area contributed by atoms with Crippen LogP contribution in [0.4, 0.5) is 0 Å². The lowest BCUT2D eigenvalue weighted by molar-refractivity contribution is -0.130. The van der Waals surface area contributed by atoms with E-state index < -0.39 is 0 Å². The van der Waals surface area contributed by atoms with Gasteiger partial charge in [0.25, 0.3) is 0 Å². The van der Waals surface area contributed by atoms with Crippen molar-refractivity contribution in [2.75, 3.05) is 14.2 Å². The number of carbonyl (C=O) groups is 1. The lowest BCUT2D eigenvalue weighted by atomic mass is 9.98. The molecule has 24 heavy (non-hydrogen) atoms. The van der Waals surface area contributed by atoms with Gasteiger partial charge >= 0.3 is 0 Å². The molecule has 0 radical (unpaired) electrons. The number of rotatable bonds is 4. The molecule has 2 aromatic rings. The van der Waals surface area contributed by atoms with Crippen molar-refractivity contribution in [3.63, 3.8) is 0 Å². The highest BCUT2D eigenvalue weighted by Gasteiger charge is 2.31. The van der Waals surface area contributed by atoms with Crippen molar-refractivity contribution in [2.45, 2.75) is 19.4 Å². The van der Waals surface area contributed by atoms with Crippen LogP contribution in [0.2, 0.25) is 0 Å². The van der Waals surface area contributed by atoms with Gasteiger partial charge in [-0.3, -0.25) is 4.79 Å². The molecule has 1 heterocycles. The molecular weight excluding hydrogens is 304 g/mol. The second kappa shape index (κ2) is 6.74. The van der Waals surface area contributed by atoms with Crippen LogP contribution < -0.4 is 9.47 Å². The Kier molecular flexibility index (Phi) is 4.51. The molecule has 0 N–H and O–H groups in total. The highest BCUT2D eigenvalue weighted by atomic mass is 16.5. The number of hydrazone groups is 1. The van der Waals surface area contributed by atoms with Crippen LogP contribution in [-0.2, 0) is 4.79 Å². The SMILES string of the molecule is COc1ccc(C2CC(c3cccc(OC)c3)=NN2C(C)=O)cc1. The predicted octanol–water partition coefficient (Wildman–Crippen LogP) is 3.40. The van der Waals surface area contributed by atoms with Crippen LogP contribution in [-0.4, -0.2) is 30.8 Å². The fourth-order valence-corrected chi connectivity index (χ4v) is 2.86.